The van der Waals surface area contributed by atoms with Gasteiger partial charge >= 0.3 is 0 Å². The van der Waals surface area contributed by atoms with Gasteiger partial charge in [0.2, 0.25) is 0 Å². The quantitative estimate of drug-likeness (QED) is 0.350. The molecule has 4 rings (SSSR count). The molecule has 1 radical (unpaired) electrons. The second kappa shape index (κ2) is 7.48. The van der Waals surface area contributed by atoms with Crippen LogP contribution in [0.1, 0.15) is 22.3 Å². The van der Waals surface area contributed by atoms with Crippen molar-refractivity contribution in [1.29, 1.82) is 0 Å². The second-order valence-corrected chi connectivity index (χ2v) is 7.71. The molecule has 0 aliphatic carbocycles. The van der Waals surface area contributed by atoms with E-state index in [0.29, 0.717) is 0 Å². The molecule has 0 unspecified atom stereocenters. The molecule has 0 amide bonds. The van der Waals surface area contributed by atoms with Crippen molar-refractivity contribution >= 4 is 0 Å². The molecular formula is C28H25. The molecule has 0 spiro atoms. The third-order valence-corrected chi connectivity index (χ3v) is 5.31. The average Bonchev–Trinajstić information content (AvgIpc) is 2.69. The fourth-order valence-electron chi connectivity index (χ4n) is 3.64. The summed E-state index contributed by atoms with van der Waals surface area (Å²) in [4.78, 5) is 0. The lowest BCUT2D eigenvalue weighted by atomic mass is 9.87. The van der Waals surface area contributed by atoms with E-state index in [1.54, 1.807) is 0 Å². The Hall–Kier alpha value is -3.12. The number of rotatable bonds is 3. The maximum Gasteiger partial charge on any atom is -0.000766 e. The minimum absolute atomic E-state index is 1.14. The standard InChI is InChI=1S/C28H25/c1-19-5-11-23(12-6-19)26-17-22(4)28(25-15-9-21(3)10-16-25)27(18-26)24-13-7-20(2)8-14-24/h5-17H,1-4H3. The highest BCUT2D eigenvalue weighted by Gasteiger charge is 2.14. The summed E-state index contributed by atoms with van der Waals surface area (Å²) >= 11 is 0. The van der Waals surface area contributed by atoms with E-state index in [2.05, 4.69) is 113 Å². The van der Waals surface area contributed by atoms with Crippen molar-refractivity contribution in [3.05, 3.63) is 107 Å². The van der Waals surface area contributed by atoms with Crippen molar-refractivity contribution in [2.24, 2.45) is 0 Å². The largest absolute Gasteiger partial charge is 0.0587 e. The summed E-state index contributed by atoms with van der Waals surface area (Å²) < 4.78 is 0. The van der Waals surface area contributed by atoms with E-state index in [4.69, 9.17) is 0 Å². The summed E-state index contributed by atoms with van der Waals surface area (Å²) in [5, 5.41) is 0. The first kappa shape index (κ1) is 18.3. The van der Waals surface area contributed by atoms with Gasteiger partial charge in [0.25, 0.3) is 0 Å². The van der Waals surface area contributed by atoms with Gasteiger partial charge in [0.1, 0.15) is 0 Å². The maximum absolute atomic E-state index is 3.74. The first-order valence-corrected chi connectivity index (χ1v) is 9.79. The molecule has 0 aromatic heterocycles. The normalized spacial score (nSPS) is 10.9. The summed E-state index contributed by atoms with van der Waals surface area (Å²) in [7, 11) is 0. The molecular weight excluding hydrogens is 336 g/mol. The second-order valence-electron chi connectivity index (χ2n) is 7.71. The van der Waals surface area contributed by atoms with E-state index in [-0.39, 0.29) is 0 Å². The first-order chi connectivity index (χ1) is 13.5. The summed E-state index contributed by atoms with van der Waals surface area (Å²) in [6.07, 6.45) is 0. The fraction of sp³-hybridized carbons (Fsp3) is 0.143. The van der Waals surface area contributed by atoms with Crippen LogP contribution in [0.2, 0.25) is 0 Å². The van der Waals surface area contributed by atoms with Crippen LogP contribution in [-0.2, 0) is 0 Å². The van der Waals surface area contributed by atoms with Crippen LogP contribution in [-0.4, -0.2) is 0 Å². The molecule has 0 atom stereocenters. The Morgan fingerprint density at radius 3 is 1.43 bits per heavy atom. The molecule has 137 valence electrons. The van der Waals surface area contributed by atoms with Crippen molar-refractivity contribution < 1.29 is 0 Å². The topological polar surface area (TPSA) is 0 Å². The smallest absolute Gasteiger partial charge is 0.000766 e. The van der Waals surface area contributed by atoms with E-state index >= 15 is 0 Å². The van der Waals surface area contributed by atoms with Gasteiger partial charge in [-0.3, -0.25) is 0 Å². The Morgan fingerprint density at radius 2 is 0.929 bits per heavy atom. The molecule has 4 aromatic carbocycles. The van der Waals surface area contributed by atoms with E-state index in [1.807, 2.05) is 0 Å². The summed E-state index contributed by atoms with van der Waals surface area (Å²) in [6, 6.07) is 32.3. The summed E-state index contributed by atoms with van der Waals surface area (Å²) in [6.45, 7) is 8.59. The Morgan fingerprint density at radius 1 is 0.500 bits per heavy atom. The zero-order valence-electron chi connectivity index (χ0n) is 17.0. The van der Waals surface area contributed by atoms with Crippen LogP contribution in [0.5, 0.6) is 0 Å². The third kappa shape index (κ3) is 3.64. The minimum Gasteiger partial charge on any atom is -0.0587 e. The SMILES string of the molecule is Cc1ccc(-c2[c]c(-c3ccc(C)cc3)c(-c3ccc(C)cc3)c(C)c2)cc1. The van der Waals surface area contributed by atoms with Gasteiger partial charge in [-0.1, -0.05) is 95.6 Å². The lowest BCUT2D eigenvalue weighted by molar-refractivity contribution is 1.41. The van der Waals surface area contributed by atoms with Gasteiger partial charge in [-0.05, 0) is 72.7 Å². The predicted molar refractivity (Wildman–Crippen MR) is 121 cm³/mol. The van der Waals surface area contributed by atoms with Gasteiger partial charge in [0.05, 0.1) is 0 Å². The van der Waals surface area contributed by atoms with Gasteiger partial charge in [0.15, 0.2) is 0 Å². The molecule has 0 fully saturated rings. The highest BCUT2D eigenvalue weighted by Crippen LogP contribution is 2.38. The molecule has 0 bridgehead atoms. The molecule has 0 saturated carbocycles. The number of hydrogen-bond donors (Lipinski definition) is 0. The van der Waals surface area contributed by atoms with Crippen LogP contribution in [0.3, 0.4) is 0 Å². The van der Waals surface area contributed by atoms with Crippen LogP contribution >= 0.6 is 0 Å². The molecule has 0 saturated heterocycles. The predicted octanol–water partition coefficient (Wildman–Crippen LogP) is 7.72. The minimum atomic E-state index is 1.14. The van der Waals surface area contributed by atoms with Crippen molar-refractivity contribution in [3.63, 3.8) is 0 Å². The molecule has 0 aliphatic rings. The van der Waals surface area contributed by atoms with Gasteiger partial charge in [-0.2, -0.15) is 0 Å². The monoisotopic (exact) mass is 361 g/mol. The van der Waals surface area contributed by atoms with E-state index < -0.39 is 0 Å². The molecule has 0 nitrogen and oxygen atoms in total. The van der Waals surface area contributed by atoms with Crippen LogP contribution in [0.4, 0.5) is 0 Å². The number of hydrogen-bond acceptors (Lipinski definition) is 0. The average molecular weight is 362 g/mol. The van der Waals surface area contributed by atoms with Crippen molar-refractivity contribution in [2.45, 2.75) is 27.7 Å². The van der Waals surface area contributed by atoms with Crippen LogP contribution in [0, 0.1) is 33.8 Å². The van der Waals surface area contributed by atoms with Crippen LogP contribution in [0.15, 0.2) is 78.9 Å². The lowest BCUT2D eigenvalue weighted by Gasteiger charge is -2.16. The first-order valence-electron chi connectivity index (χ1n) is 9.79. The van der Waals surface area contributed by atoms with Crippen molar-refractivity contribution in [3.8, 4) is 33.4 Å². The van der Waals surface area contributed by atoms with Gasteiger partial charge in [-0.15, -0.1) is 0 Å². The highest BCUT2D eigenvalue weighted by atomic mass is 14.2. The molecule has 0 heteroatoms. The van der Waals surface area contributed by atoms with E-state index in [1.165, 1.54) is 50.1 Å². The van der Waals surface area contributed by atoms with Crippen molar-refractivity contribution in [1.82, 2.24) is 0 Å². The molecule has 0 aliphatic heterocycles. The number of benzene rings is 4. The zero-order chi connectivity index (χ0) is 19.7. The van der Waals surface area contributed by atoms with Crippen LogP contribution in [0.25, 0.3) is 33.4 Å². The third-order valence-electron chi connectivity index (χ3n) is 5.31. The maximum atomic E-state index is 3.74. The van der Waals surface area contributed by atoms with Gasteiger partial charge in [-0.25, -0.2) is 0 Å². The summed E-state index contributed by atoms with van der Waals surface area (Å²) in [5.41, 5.74) is 12.3. The Labute approximate surface area is 168 Å². The van der Waals surface area contributed by atoms with E-state index in [0.717, 1.165) is 5.56 Å². The molecule has 4 aromatic rings. The fourth-order valence-corrected chi connectivity index (χ4v) is 3.64. The molecule has 0 heterocycles. The zero-order valence-corrected chi connectivity index (χ0v) is 17.0. The lowest BCUT2D eigenvalue weighted by Crippen LogP contribution is -1.93. The van der Waals surface area contributed by atoms with Gasteiger partial charge in [0, 0.05) is 0 Å². The number of aryl methyl sites for hydroxylation is 4. The Bertz CT molecular complexity index is 1100. The summed E-state index contributed by atoms with van der Waals surface area (Å²) in [5.74, 6) is 0. The molecule has 28 heavy (non-hydrogen) atoms. The van der Waals surface area contributed by atoms with Crippen molar-refractivity contribution in [2.75, 3.05) is 0 Å². The van der Waals surface area contributed by atoms with Gasteiger partial charge < -0.3 is 0 Å². The Kier molecular flexibility index (Phi) is 4.88. The van der Waals surface area contributed by atoms with Crippen LogP contribution < -0.4 is 0 Å². The van der Waals surface area contributed by atoms with E-state index in [9.17, 15) is 0 Å². The Balaban J connectivity index is 1.95. The highest BCUT2D eigenvalue weighted by molar-refractivity contribution is 5.88. The molecule has 0 N–H and O–H groups in total.